The zero-order chi connectivity index (χ0) is 23.5. The van der Waals surface area contributed by atoms with Crippen LogP contribution < -0.4 is 5.32 Å². The third kappa shape index (κ3) is 4.75. The first-order chi connectivity index (χ1) is 15.9. The number of pyridine rings is 1. The molecule has 2 heterocycles. The molecule has 4 rings (SSSR count). The third-order valence-corrected chi connectivity index (χ3v) is 6.61. The summed E-state index contributed by atoms with van der Waals surface area (Å²) in [6.07, 6.45) is 4.17. The maximum Gasteiger partial charge on any atom is 0.257 e. The molecule has 2 aromatic carbocycles. The number of nitrogens with one attached hydrogen (secondary N) is 1. The van der Waals surface area contributed by atoms with Gasteiger partial charge in [-0.25, -0.2) is 8.78 Å². The number of carbonyl (C=O) groups excluding carboxylic acids is 2. The molecule has 0 unspecified atom stereocenters. The highest BCUT2D eigenvalue weighted by Crippen LogP contribution is 2.26. The van der Waals surface area contributed by atoms with Crippen LogP contribution in [-0.2, 0) is 19.5 Å². The number of aryl methyl sites for hydroxylation is 1. The number of thioether (sulfide) groups is 1. The van der Waals surface area contributed by atoms with Crippen LogP contribution in [0.1, 0.15) is 43.1 Å². The van der Waals surface area contributed by atoms with Crippen LogP contribution in [0, 0.1) is 18.6 Å². The summed E-state index contributed by atoms with van der Waals surface area (Å²) < 4.78 is 27.6. The van der Waals surface area contributed by atoms with E-state index in [4.69, 9.17) is 0 Å². The molecule has 1 aliphatic rings. The molecular weight excluding hydrogens is 444 g/mol. The van der Waals surface area contributed by atoms with Crippen LogP contribution in [0.3, 0.4) is 0 Å². The second kappa shape index (κ2) is 9.70. The summed E-state index contributed by atoms with van der Waals surface area (Å²) in [5.74, 6) is -2.12. The summed E-state index contributed by atoms with van der Waals surface area (Å²) in [6.45, 7) is 2.81. The van der Waals surface area contributed by atoms with E-state index in [1.54, 1.807) is 12.3 Å². The van der Waals surface area contributed by atoms with Gasteiger partial charge in [-0.2, -0.15) is 0 Å². The standard InChI is InChI=1S/C25H23F2N3O2S/c1-15-21(13-29-24(31)19-5-3-4-6-23(19)33-2)18-9-10-30(14-16(18)12-28-15)25(32)20-11-17(26)7-8-22(20)27/h3-8,11-12H,9-10,13-14H2,1-2H3,(H,29,31). The smallest absolute Gasteiger partial charge is 0.257 e. The highest BCUT2D eigenvalue weighted by Gasteiger charge is 2.26. The lowest BCUT2D eigenvalue weighted by atomic mass is 9.94. The van der Waals surface area contributed by atoms with Crippen LogP contribution in [0.5, 0.6) is 0 Å². The Bertz CT molecular complexity index is 1230. The molecule has 1 aromatic heterocycles. The van der Waals surface area contributed by atoms with E-state index in [2.05, 4.69) is 10.3 Å². The average Bonchev–Trinajstić information content (AvgIpc) is 2.84. The molecule has 0 radical (unpaired) electrons. The van der Waals surface area contributed by atoms with Gasteiger partial charge >= 0.3 is 0 Å². The normalized spacial score (nSPS) is 12.9. The average molecular weight is 468 g/mol. The van der Waals surface area contributed by atoms with E-state index < -0.39 is 17.5 Å². The number of benzene rings is 2. The highest BCUT2D eigenvalue weighted by molar-refractivity contribution is 7.98. The van der Waals surface area contributed by atoms with Gasteiger partial charge in [0.2, 0.25) is 0 Å². The Hall–Kier alpha value is -3.26. The molecule has 0 bridgehead atoms. The highest BCUT2D eigenvalue weighted by atomic mass is 32.2. The second-order valence-corrected chi connectivity index (χ2v) is 8.66. The fourth-order valence-corrected chi connectivity index (χ4v) is 4.65. The van der Waals surface area contributed by atoms with E-state index in [9.17, 15) is 18.4 Å². The molecule has 1 aliphatic heterocycles. The van der Waals surface area contributed by atoms with Gasteiger partial charge in [0.1, 0.15) is 11.6 Å². The first kappa shape index (κ1) is 22.9. The number of nitrogens with zero attached hydrogens (tertiary/aromatic N) is 2. The summed E-state index contributed by atoms with van der Waals surface area (Å²) in [4.78, 5) is 32.4. The Morgan fingerprint density at radius 1 is 1.15 bits per heavy atom. The van der Waals surface area contributed by atoms with Crippen molar-refractivity contribution < 1.29 is 18.4 Å². The second-order valence-electron chi connectivity index (χ2n) is 7.81. The van der Waals surface area contributed by atoms with Gasteiger partial charge in [0.15, 0.2) is 0 Å². The van der Waals surface area contributed by atoms with Crippen molar-refractivity contribution in [2.75, 3.05) is 12.8 Å². The van der Waals surface area contributed by atoms with Crippen LogP contribution in [0.4, 0.5) is 8.78 Å². The Balaban J connectivity index is 1.53. The number of halogens is 2. The number of hydrogen-bond donors (Lipinski definition) is 1. The van der Waals surface area contributed by atoms with Crippen molar-refractivity contribution in [3.63, 3.8) is 0 Å². The minimum atomic E-state index is -0.747. The maximum atomic E-state index is 14.1. The van der Waals surface area contributed by atoms with E-state index in [-0.39, 0.29) is 18.0 Å². The number of carbonyl (C=O) groups is 2. The summed E-state index contributed by atoms with van der Waals surface area (Å²) in [7, 11) is 0. The molecular formula is C25H23F2N3O2S. The minimum Gasteiger partial charge on any atom is -0.348 e. The van der Waals surface area contributed by atoms with Gasteiger partial charge in [0, 0.05) is 36.4 Å². The number of aromatic nitrogens is 1. The van der Waals surface area contributed by atoms with Crippen LogP contribution >= 0.6 is 11.8 Å². The summed E-state index contributed by atoms with van der Waals surface area (Å²) in [6, 6.07) is 10.3. The van der Waals surface area contributed by atoms with Crippen molar-refractivity contribution in [1.82, 2.24) is 15.2 Å². The monoisotopic (exact) mass is 467 g/mol. The number of hydrogen-bond acceptors (Lipinski definition) is 4. The topological polar surface area (TPSA) is 62.3 Å². The minimum absolute atomic E-state index is 0.161. The molecule has 0 atom stereocenters. The molecule has 0 saturated heterocycles. The van der Waals surface area contributed by atoms with Crippen LogP contribution in [0.15, 0.2) is 53.6 Å². The zero-order valence-corrected chi connectivity index (χ0v) is 19.1. The van der Waals surface area contributed by atoms with E-state index in [1.807, 2.05) is 31.4 Å². The lowest BCUT2D eigenvalue weighted by Crippen LogP contribution is -2.37. The Labute approximate surface area is 195 Å². The summed E-state index contributed by atoms with van der Waals surface area (Å²) in [5.41, 5.74) is 3.94. The number of fused-ring (bicyclic) bond motifs is 1. The van der Waals surface area contributed by atoms with Gasteiger partial charge in [-0.3, -0.25) is 14.6 Å². The maximum absolute atomic E-state index is 14.1. The first-order valence-electron chi connectivity index (χ1n) is 10.5. The predicted molar refractivity (Wildman–Crippen MR) is 123 cm³/mol. The Morgan fingerprint density at radius 2 is 1.94 bits per heavy atom. The van der Waals surface area contributed by atoms with Crippen LogP contribution in [-0.4, -0.2) is 34.5 Å². The Kier molecular flexibility index (Phi) is 6.74. The van der Waals surface area contributed by atoms with Gasteiger partial charge in [-0.05, 0) is 66.6 Å². The SMILES string of the molecule is CSc1ccccc1C(=O)NCc1c(C)ncc2c1CCN(C(=O)c1cc(F)ccc1F)C2. The van der Waals surface area contributed by atoms with Gasteiger partial charge in [-0.15, -0.1) is 11.8 Å². The fraction of sp³-hybridized carbons (Fsp3) is 0.240. The van der Waals surface area contributed by atoms with Gasteiger partial charge in [-0.1, -0.05) is 12.1 Å². The van der Waals surface area contributed by atoms with E-state index in [1.165, 1.54) is 16.7 Å². The number of rotatable bonds is 5. The van der Waals surface area contributed by atoms with E-state index >= 15 is 0 Å². The number of amides is 2. The van der Waals surface area contributed by atoms with Crippen molar-refractivity contribution in [2.45, 2.75) is 31.3 Å². The molecule has 33 heavy (non-hydrogen) atoms. The van der Waals surface area contributed by atoms with Crippen molar-refractivity contribution in [3.05, 3.63) is 93.8 Å². The lowest BCUT2D eigenvalue weighted by Gasteiger charge is -2.30. The lowest BCUT2D eigenvalue weighted by molar-refractivity contribution is 0.0728. The van der Waals surface area contributed by atoms with Crippen molar-refractivity contribution in [1.29, 1.82) is 0 Å². The van der Waals surface area contributed by atoms with Crippen molar-refractivity contribution in [3.8, 4) is 0 Å². The van der Waals surface area contributed by atoms with Gasteiger partial charge in [0.05, 0.1) is 11.1 Å². The molecule has 0 aliphatic carbocycles. The molecule has 0 saturated carbocycles. The Morgan fingerprint density at radius 3 is 2.73 bits per heavy atom. The van der Waals surface area contributed by atoms with Gasteiger partial charge < -0.3 is 10.2 Å². The van der Waals surface area contributed by atoms with Crippen LogP contribution in [0.25, 0.3) is 0 Å². The van der Waals surface area contributed by atoms with Crippen molar-refractivity contribution >= 4 is 23.6 Å². The van der Waals surface area contributed by atoms with Gasteiger partial charge in [0.25, 0.3) is 11.8 Å². The fourth-order valence-electron chi connectivity index (χ4n) is 4.06. The van der Waals surface area contributed by atoms with E-state index in [0.29, 0.717) is 25.1 Å². The molecule has 1 N–H and O–H groups in total. The van der Waals surface area contributed by atoms with Crippen molar-refractivity contribution in [2.24, 2.45) is 0 Å². The summed E-state index contributed by atoms with van der Waals surface area (Å²) in [5, 5.41) is 2.99. The first-order valence-corrected chi connectivity index (χ1v) is 11.7. The molecule has 0 fully saturated rings. The largest absolute Gasteiger partial charge is 0.348 e. The summed E-state index contributed by atoms with van der Waals surface area (Å²) >= 11 is 1.51. The predicted octanol–water partition coefficient (Wildman–Crippen LogP) is 4.52. The molecule has 8 heteroatoms. The van der Waals surface area contributed by atoms with E-state index in [0.717, 1.165) is 45.5 Å². The molecule has 5 nitrogen and oxygen atoms in total. The molecule has 170 valence electrons. The zero-order valence-electron chi connectivity index (χ0n) is 18.3. The quantitative estimate of drug-likeness (QED) is 0.561. The molecule has 3 aromatic rings. The molecule has 2 amide bonds. The third-order valence-electron chi connectivity index (χ3n) is 5.82. The molecule has 0 spiro atoms. The van der Waals surface area contributed by atoms with Crippen LogP contribution in [0.2, 0.25) is 0 Å².